The van der Waals surface area contributed by atoms with Gasteiger partial charge in [-0.25, -0.2) is 9.97 Å². The smallest absolute Gasteiger partial charge is 0.270 e. The molecule has 0 aliphatic carbocycles. The molecule has 0 spiro atoms. The van der Waals surface area contributed by atoms with Crippen molar-refractivity contribution in [1.82, 2.24) is 15.3 Å². The van der Waals surface area contributed by atoms with Crippen LogP contribution in [0.4, 0.5) is 11.6 Å². The molecule has 0 saturated heterocycles. The van der Waals surface area contributed by atoms with E-state index in [1.807, 2.05) is 61.5 Å². The summed E-state index contributed by atoms with van der Waals surface area (Å²) < 4.78 is 5.15. The molecule has 27 heavy (non-hydrogen) atoms. The first kappa shape index (κ1) is 18.4. The zero-order chi connectivity index (χ0) is 19.1. The maximum absolute atomic E-state index is 12.4. The van der Waals surface area contributed by atoms with E-state index in [4.69, 9.17) is 4.74 Å². The van der Waals surface area contributed by atoms with Gasteiger partial charge in [0.25, 0.3) is 5.91 Å². The lowest BCUT2D eigenvalue weighted by atomic mass is 10.1. The van der Waals surface area contributed by atoms with Crippen LogP contribution < -0.4 is 15.4 Å². The van der Waals surface area contributed by atoms with Gasteiger partial charge in [-0.05, 0) is 49.2 Å². The molecule has 2 N–H and O–H groups in total. The van der Waals surface area contributed by atoms with E-state index in [9.17, 15) is 4.79 Å². The Bertz CT molecular complexity index is 896. The number of hydrogen-bond acceptors (Lipinski definition) is 5. The molecular formula is C21H22N4O2. The van der Waals surface area contributed by atoms with Crippen molar-refractivity contribution in [3.05, 3.63) is 77.6 Å². The van der Waals surface area contributed by atoms with Crippen molar-refractivity contribution in [2.24, 2.45) is 0 Å². The monoisotopic (exact) mass is 362 g/mol. The summed E-state index contributed by atoms with van der Waals surface area (Å²) in [5.41, 5.74) is 3.05. The number of carbonyl (C=O) groups excluding carboxylic acids is 1. The van der Waals surface area contributed by atoms with Crippen LogP contribution in [0.3, 0.4) is 0 Å². The average Bonchev–Trinajstić information content (AvgIpc) is 2.69. The molecule has 0 bridgehead atoms. The number of ether oxygens (including phenoxy) is 1. The van der Waals surface area contributed by atoms with Gasteiger partial charge in [0, 0.05) is 17.9 Å². The summed E-state index contributed by atoms with van der Waals surface area (Å²) >= 11 is 0. The normalized spacial score (nSPS) is 10.3. The van der Waals surface area contributed by atoms with Crippen molar-refractivity contribution >= 4 is 17.5 Å². The largest absolute Gasteiger partial charge is 0.497 e. The first-order valence-electron chi connectivity index (χ1n) is 8.73. The molecular weight excluding hydrogens is 340 g/mol. The number of aryl methyl sites for hydroxylation is 1. The van der Waals surface area contributed by atoms with Crippen molar-refractivity contribution in [3.8, 4) is 5.75 Å². The maximum atomic E-state index is 12.4. The molecule has 3 aromatic rings. The van der Waals surface area contributed by atoms with E-state index in [0.717, 1.165) is 17.9 Å². The molecule has 0 unspecified atom stereocenters. The highest BCUT2D eigenvalue weighted by atomic mass is 16.5. The van der Waals surface area contributed by atoms with Crippen molar-refractivity contribution in [1.29, 1.82) is 0 Å². The zero-order valence-corrected chi connectivity index (χ0v) is 15.4. The van der Waals surface area contributed by atoms with Crippen molar-refractivity contribution in [2.45, 2.75) is 13.3 Å². The Hall–Kier alpha value is -3.41. The van der Waals surface area contributed by atoms with Crippen LogP contribution in [0.25, 0.3) is 0 Å². The third kappa shape index (κ3) is 5.28. The van der Waals surface area contributed by atoms with Crippen LogP contribution in [0.15, 0.2) is 60.7 Å². The number of aromatic nitrogens is 2. The second-order valence-corrected chi connectivity index (χ2v) is 6.06. The van der Waals surface area contributed by atoms with E-state index in [0.29, 0.717) is 23.9 Å². The summed E-state index contributed by atoms with van der Waals surface area (Å²) in [5, 5.41) is 6.02. The SMILES string of the molecule is COc1ccc(Nc2nc(C)cc(C(=O)NCCc3ccccc3)n2)cc1. The van der Waals surface area contributed by atoms with Gasteiger partial charge in [-0.1, -0.05) is 30.3 Å². The Kier molecular flexibility index (Phi) is 5.99. The lowest BCUT2D eigenvalue weighted by molar-refractivity contribution is 0.0949. The van der Waals surface area contributed by atoms with Crippen LogP contribution in [0.1, 0.15) is 21.7 Å². The van der Waals surface area contributed by atoms with Gasteiger partial charge >= 0.3 is 0 Å². The standard InChI is InChI=1S/C21H22N4O2/c1-15-14-19(20(26)22-13-12-16-6-4-3-5-7-16)25-21(23-15)24-17-8-10-18(27-2)11-9-17/h3-11,14H,12-13H2,1-2H3,(H,22,26)(H,23,24,25). The van der Waals surface area contributed by atoms with Crippen LogP contribution in [0.2, 0.25) is 0 Å². The van der Waals surface area contributed by atoms with Crippen molar-refractivity contribution in [2.75, 3.05) is 19.0 Å². The maximum Gasteiger partial charge on any atom is 0.270 e. The third-order valence-electron chi connectivity index (χ3n) is 3.98. The number of methoxy groups -OCH3 is 1. The van der Waals surface area contributed by atoms with Gasteiger partial charge in [-0.2, -0.15) is 0 Å². The predicted molar refractivity (Wildman–Crippen MR) is 106 cm³/mol. The number of hydrogen-bond donors (Lipinski definition) is 2. The number of carbonyl (C=O) groups is 1. The molecule has 0 radical (unpaired) electrons. The van der Waals surface area contributed by atoms with Crippen LogP contribution in [-0.2, 0) is 6.42 Å². The van der Waals surface area contributed by atoms with E-state index in [1.54, 1.807) is 13.2 Å². The van der Waals surface area contributed by atoms with E-state index >= 15 is 0 Å². The molecule has 1 amide bonds. The zero-order valence-electron chi connectivity index (χ0n) is 15.4. The fraction of sp³-hybridized carbons (Fsp3) is 0.190. The van der Waals surface area contributed by atoms with Gasteiger partial charge in [0.1, 0.15) is 11.4 Å². The quantitative estimate of drug-likeness (QED) is 0.673. The van der Waals surface area contributed by atoms with Crippen LogP contribution in [-0.4, -0.2) is 29.5 Å². The molecule has 0 aliphatic rings. The highest BCUT2D eigenvalue weighted by molar-refractivity contribution is 5.92. The van der Waals surface area contributed by atoms with Crippen molar-refractivity contribution < 1.29 is 9.53 Å². The molecule has 0 atom stereocenters. The van der Waals surface area contributed by atoms with Crippen molar-refractivity contribution in [3.63, 3.8) is 0 Å². The summed E-state index contributed by atoms with van der Waals surface area (Å²) in [6, 6.07) is 19.1. The first-order valence-corrected chi connectivity index (χ1v) is 8.73. The summed E-state index contributed by atoms with van der Waals surface area (Å²) in [6.07, 6.45) is 0.771. The predicted octanol–water partition coefficient (Wildman–Crippen LogP) is 3.51. The fourth-order valence-electron chi connectivity index (χ4n) is 2.60. The van der Waals surface area contributed by atoms with E-state index in [2.05, 4.69) is 20.6 Å². The minimum atomic E-state index is -0.214. The lowest BCUT2D eigenvalue weighted by Crippen LogP contribution is -2.27. The first-order chi connectivity index (χ1) is 13.1. The third-order valence-corrected chi connectivity index (χ3v) is 3.98. The van der Waals surface area contributed by atoms with E-state index < -0.39 is 0 Å². The Morgan fingerprint density at radius 3 is 2.48 bits per heavy atom. The number of benzene rings is 2. The molecule has 0 fully saturated rings. The molecule has 0 aliphatic heterocycles. The second-order valence-electron chi connectivity index (χ2n) is 6.06. The average molecular weight is 362 g/mol. The molecule has 1 aromatic heterocycles. The van der Waals surface area contributed by atoms with Crippen LogP contribution >= 0.6 is 0 Å². The number of nitrogens with one attached hydrogen (secondary N) is 2. The van der Waals surface area contributed by atoms with Gasteiger partial charge in [-0.15, -0.1) is 0 Å². The molecule has 6 nitrogen and oxygen atoms in total. The van der Waals surface area contributed by atoms with E-state index in [1.165, 1.54) is 5.56 Å². The van der Waals surface area contributed by atoms with Gasteiger partial charge in [-0.3, -0.25) is 4.79 Å². The molecule has 2 aromatic carbocycles. The molecule has 3 rings (SSSR count). The lowest BCUT2D eigenvalue weighted by Gasteiger charge is -2.09. The number of amides is 1. The second kappa shape index (κ2) is 8.80. The highest BCUT2D eigenvalue weighted by Gasteiger charge is 2.10. The minimum Gasteiger partial charge on any atom is -0.497 e. The molecule has 1 heterocycles. The molecule has 0 saturated carbocycles. The van der Waals surface area contributed by atoms with Gasteiger partial charge < -0.3 is 15.4 Å². The summed E-state index contributed by atoms with van der Waals surface area (Å²) in [4.78, 5) is 21.1. The number of nitrogens with zero attached hydrogens (tertiary/aromatic N) is 2. The van der Waals surface area contributed by atoms with Gasteiger partial charge in [0.15, 0.2) is 0 Å². The Labute approximate surface area is 158 Å². The number of anilines is 2. The summed E-state index contributed by atoms with van der Waals surface area (Å²) in [7, 11) is 1.62. The molecule has 6 heteroatoms. The number of rotatable bonds is 7. The minimum absolute atomic E-state index is 0.214. The summed E-state index contributed by atoms with van der Waals surface area (Å²) in [5.74, 6) is 0.937. The van der Waals surface area contributed by atoms with Gasteiger partial charge in [0.2, 0.25) is 5.95 Å². The van der Waals surface area contributed by atoms with Gasteiger partial charge in [0.05, 0.1) is 7.11 Å². The van der Waals surface area contributed by atoms with Crippen LogP contribution in [0, 0.1) is 6.92 Å². The highest BCUT2D eigenvalue weighted by Crippen LogP contribution is 2.18. The fourth-order valence-corrected chi connectivity index (χ4v) is 2.60. The van der Waals surface area contributed by atoms with E-state index in [-0.39, 0.29) is 5.91 Å². The topological polar surface area (TPSA) is 76.1 Å². The Balaban J connectivity index is 1.63. The Morgan fingerprint density at radius 2 is 1.78 bits per heavy atom. The van der Waals surface area contributed by atoms with Crippen LogP contribution in [0.5, 0.6) is 5.75 Å². The Morgan fingerprint density at radius 1 is 1.04 bits per heavy atom. The molecule has 138 valence electrons. The summed E-state index contributed by atoms with van der Waals surface area (Å²) in [6.45, 7) is 2.38.